The van der Waals surface area contributed by atoms with Crippen molar-refractivity contribution in [2.24, 2.45) is 11.3 Å². The molecular formula is C40H82N6. The zero-order valence-corrected chi connectivity index (χ0v) is 34.5. The third-order valence-corrected chi connectivity index (χ3v) is 11.9. The van der Waals surface area contributed by atoms with Crippen LogP contribution in [0, 0.1) is 11.3 Å². The Morgan fingerprint density at radius 2 is 0.696 bits per heavy atom. The normalized spacial score (nSPS) is 28.0. The van der Waals surface area contributed by atoms with Gasteiger partial charge in [-0.3, -0.25) is 29.4 Å². The summed E-state index contributed by atoms with van der Waals surface area (Å²) < 4.78 is 0. The Morgan fingerprint density at radius 1 is 0.370 bits per heavy atom. The molecule has 0 bridgehead atoms. The van der Waals surface area contributed by atoms with Crippen LogP contribution in [0.5, 0.6) is 0 Å². The second kappa shape index (κ2) is 13.8. The standard InChI is InChI=1S/C15H30N2.C13H26N2.C12H26N2/c1-14(2,3)16-9-7-12-8-10-17(13(12)11-16)15(4,5)6;1-11(2,3)14-7-13(8-14)9-15(10-13)12(4,5)6;1-11(2,3)13-7-9-14(10-8-13)12(4,5)6/h12-13H,7-11H2,1-6H3;7-10H2,1-6H3;7-10H2,1-6H3. The second-order valence-electron chi connectivity index (χ2n) is 21.8. The maximum Gasteiger partial charge on any atom is 0.0257 e. The number of hydrogen-bond acceptors (Lipinski definition) is 6. The van der Waals surface area contributed by atoms with Crippen LogP contribution < -0.4 is 0 Å². The van der Waals surface area contributed by atoms with Crippen LogP contribution in [0.25, 0.3) is 0 Å². The fourth-order valence-corrected chi connectivity index (χ4v) is 8.31. The summed E-state index contributed by atoms with van der Waals surface area (Å²) in [5, 5.41) is 0. The van der Waals surface area contributed by atoms with Crippen LogP contribution >= 0.6 is 0 Å². The summed E-state index contributed by atoms with van der Waals surface area (Å²) in [4.78, 5) is 15.8. The van der Waals surface area contributed by atoms with Gasteiger partial charge in [0, 0.05) is 104 Å². The van der Waals surface area contributed by atoms with E-state index in [0.29, 0.717) is 38.6 Å². The van der Waals surface area contributed by atoms with Gasteiger partial charge in [-0.1, -0.05) is 0 Å². The van der Waals surface area contributed by atoms with Gasteiger partial charge < -0.3 is 0 Å². The molecule has 5 fully saturated rings. The lowest BCUT2D eigenvalue weighted by Gasteiger charge is -2.66. The lowest BCUT2D eigenvalue weighted by atomic mass is 9.69. The van der Waals surface area contributed by atoms with E-state index < -0.39 is 0 Å². The van der Waals surface area contributed by atoms with Gasteiger partial charge in [0.2, 0.25) is 0 Å². The summed E-state index contributed by atoms with van der Waals surface area (Å²) in [5.74, 6) is 0.952. The van der Waals surface area contributed by atoms with Gasteiger partial charge in [-0.2, -0.15) is 0 Å². The predicted octanol–water partition coefficient (Wildman–Crippen LogP) is 7.38. The van der Waals surface area contributed by atoms with E-state index in [2.05, 4.69) is 154 Å². The third-order valence-electron chi connectivity index (χ3n) is 11.9. The van der Waals surface area contributed by atoms with Crippen molar-refractivity contribution in [1.29, 1.82) is 0 Å². The van der Waals surface area contributed by atoms with Gasteiger partial charge in [0.25, 0.3) is 0 Å². The molecule has 5 rings (SSSR count). The largest absolute Gasteiger partial charge is 0.297 e. The molecule has 5 saturated heterocycles. The number of likely N-dealkylation sites (tertiary alicyclic amines) is 4. The molecule has 0 aliphatic carbocycles. The van der Waals surface area contributed by atoms with Crippen molar-refractivity contribution in [2.75, 3.05) is 72.0 Å². The monoisotopic (exact) mass is 647 g/mol. The van der Waals surface area contributed by atoms with E-state index in [0.717, 1.165) is 12.0 Å². The molecule has 0 saturated carbocycles. The minimum Gasteiger partial charge on any atom is -0.297 e. The molecule has 6 nitrogen and oxygen atoms in total. The van der Waals surface area contributed by atoms with Crippen LogP contribution in [0.1, 0.15) is 137 Å². The van der Waals surface area contributed by atoms with Crippen LogP contribution in [0.15, 0.2) is 0 Å². The van der Waals surface area contributed by atoms with Crippen molar-refractivity contribution >= 4 is 0 Å². The van der Waals surface area contributed by atoms with E-state index >= 15 is 0 Å². The molecule has 0 aromatic rings. The maximum atomic E-state index is 2.75. The number of rotatable bonds is 0. The van der Waals surface area contributed by atoms with Crippen molar-refractivity contribution in [1.82, 2.24) is 29.4 Å². The minimum atomic E-state index is 0.330. The third kappa shape index (κ3) is 10.4. The lowest BCUT2D eigenvalue weighted by Crippen LogP contribution is -2.76. The molecule has 0 N–H and O–H groups in total. The van der Waals surface area contributed by atoms with Gasteiger partial charge in [0.05, 0.1) is 0 Å². The lowest BCUT2D eigenvalue weighted by molar-refractivity contribution is -0.167. The van der Waals surface area contributed by atoms with Gasteiger partial charge in [-0.15, -0.1) is 0 Å². The van der Waals surface area contributed by atoms with E-state index in [1.165, 1.54) is 84.8 Å². The van der Waals surface area contributed by atoms with Crippen LogP contribution in [0.4, 0.5) is 0 Å². The summed E-state index contributed by atoms with van der Waals surface area (Å²) in [7, 11) is 0. The topological polar surface area (TPSA) is 19.4 Å². The molecular weight excluding hydrogens is 564 g/mol. The first-order chi connectivity index (χ1) is 20.5. The van der Waals surface area contributed by atoms with Gasteiger partial charge in [-0.25, -0.2) is 0 Å². The second-order valence-corrected chi connectivity index (χ2v) is 21.8. The highest BCUT2D eigenvalue weighted by Crippen LogP contribution is 2.45. The van der Waals surface area contributed by atoms with E-state index in [9.17, 15) is 0 Å². The first-order valence-corrected chi connectivity index (χ1v) is 19.1. The Balaban J connectivity index is 0.000000189. The number of piperazine rings is 1. The minimum absolute atomic E-state index is 0.330. The highest BCUT2D eigenvalue weighted by molar-refractivity contribution is 5.10. The number of hydrogen-bond donors (Lipinski definition) is 0. The molecule has 0 amide bonds. The number of fused-ring (bicyclic) bond motifs is 1. The van der Waals surface area contributed by atoms with Crippen molar-refractivity contribution in [2.45, 2.75) is 177 Å². The average Bonchev–Trinajstić information content (AvgIpc) is 3.24. The first-order valence-electron chi connectivity index (χ1n) is 19.1. The zero-order valence-electron chi connectivity index (χ0n) is 34.5. The molecule has 5 aliphatic heterocycles. The molecule has 5 aliphatic rings. The molecule has 2 unspecified atom stereocenters. The molecule has 2 atom stereocenters. The van der Waals surface area contributed by atoms with Gasteiger partial charge in [-0.05, 0) is 156 Å². The summed E-state index contributed by atoms with van der Waals surface area (Å²) in [6, 6.07) is 0.794. The zero-order chi connectivity index (χ0) is 35.3. The Morgan fingerprint density at radius 3 is 1.00 bits per heavy atom. The summed E-state index contributed by atoms with van der Waals surface area (Å²) in [6.45, 7) is 55.8. The van der Waals surface area contributed by atoms with E-state index in [4.69, 9.17) is 0 Å². The summed E-state index contributed by atoms with van der Waals surface area (Å²) in [5.41, 5.74) is 2.73. The van der Waals surface area contributed by atoms with Crippen molar-refractivity contribution < 1.29 is 0 Å². The fourth-order valence-electron chi connectivity index (χ4n) is 8.31. The van der Waals surface area contributed by atoms with Crippen molar-refractivity contribution in [3.05, 3.63) is 0 Å². The predicted molar refractivity (Wildman–Crippen MR) is 202 cm³/mol. The molecule has 6 heteroatoms. The van der Waals surface area contributed by atoms with Gasteiger partial charge in [0.15, 0.2) is 0 Å². The van der Waals surface area contributed by atoms with Crippen molar-refractivity contribution in [3.8, 4) is 0 Å². The Labute approximate surface area is 289 Å². The number of nitrogens with zero attached hydrogens (tertiary/aromatic N) is 6. The highest BCUT2D eigenvalue weighted by Gasteiger charge is 2.55. The van der Waals surface area contributed by atoms with Crippen LogP contribution in [-0.4, -0.2) is 141 Å². The summed E-state index contributed by atoms with van der Waals surface area (Å²) in [6.07, 6.45) is 2.81. The van der Waals surface area contributed by atoms with Crippen LogP contribution in [-0.2, 0) is 0 Å². The quantitative estimate of drug-likeness (QED) is 0.272. The maximum absolute atomic E-state index is 2.75. The molecule has 1 spiro atoms. The molecule has 5 heterocycles. The first kappa shape index (κ1) is 40.2. The van der Waals surface area contributed by atoms with E-state index in [1.54, 1.807) is 0 Å². The average molecular weight is 647 g/mol. The Bertz CT molecular complexity index is 889. The number of piperidine rings is 1. The van der Waals surface area contributed by atoms with E-state index in [1.807, 2.05) is 0 Å². The highest BCUT2D eigenvalue weighted by atomic mass is 15.4. The van der Waals surface area contributed by atoms with Crippen molar-refractivity contribution in [3.63, 3.8) is 0 Å². The molecule has 0 aromatic heterocycles. The fraction of sp³-hybridized carbons (Fsp3) is 1.00. The Hall–Kier alpha value is -0.240. The summed E-state index contributed by atoms with van der Waals surface area (Å²) >= 11 is 0. The molecule has 272 valence electrons. The molecule has 0 aromatic carbocycles. The smallest absolute Gasteiger partial charge is 0.0257 e. The molecule has 0 radical (unpaired) electrons. The van der Waals surface area contributed by atoms with Crippen LogP contribution in [0.3, 0.4) is 0 Å². The van der Waals surface area contributed by atoms with Crippen LogP contribution in [0.2, 0.25) is 0 Å². The van der Waals surface area contributed by atoms with Gasteiger partial charge in [0.1, 0.15) is 0 Å². The Kier molecular flexibility index (Phi) is 12.1. The molecule has 46 heavy (non-hydrogen) atoms. The van der Waals surface area contributed by atoms with Gasteiger partial charge >= 0.3 is 0 Å². The van der Waals surface area contributed by atoms with E-state index in [-0.39, 0.29) is 0 Å². The SMILES string of the molecule is CC(C)(C)N1CC2(C1)CN(C(C)(C)C)C2.CC(C)(C)N1CCC2CCN(C(C)(C)C)C2C1.CC(C)(C)N1CCN(C(C)(C)C)CC1.